The molecule has 108 valence electrons. The van der Waals surface area contributed by atoms with Gasteiger partial charge in [0.25, 0.3) is 0 Å². The minimum atomic E-state index is 0.122. The van der Waals surface area contributed by atoms with Crippen LogP contribution in [0.3, 0.4) is 0 Å². The molecule has 0 saturated carbocycles. The van der Waals surface area contributed by atoms with Crippen LogP contribution in [-0.4, -0.2) is 6.61 Å². The highest BCUT2D eigenvalue weighted by molar-refractivity contribution is 5.36. The number of rotatable bonds is 6. The molecule has 19 heavy (non-hydrogen) atoms. The quantitative estimate of drug-likeness (QED) is 0.609. The summed E-state index contributed by atoms with van der Waals surface area (Å²) in [6.07, 6.45) is 0.990. The molecular formula is C16H28N2O. The fourth-order valence-electron chi connectivity index (χ4n) is 2.05. The molecule has 1 aromatic carbocycles. The average molecular weight is 264 g/mol. The summed E-state index contributed by atoms with van der Waals surface area (Å²) in [5.41, 5.74) is 4.36. The molecule has 3 N–H and O–H groups in total. The predicted molar refractivity (Wildman–Crippen MR) is 80.9 cm³/mol. The van der Waals surface area contributed by atoms with Crippen molar-refractivity contribution in [1.82, 2.24) is 5.43 Å². The van der Waals surface area contributed by atoms with Gasteiger partial charge in [-0.15, -0.1) is 0 Å². The van der Waals surface area contributed by atoms with Crippen LogP contribution in [0.4, 0.5) is 0 Å². The minimum absolute atomic E-state index is 0.122. The Morgan fingerprint density at radius 1 is 1.26 bits per heavy atom. The third-order valence-electron chi connectivity index (χ3n) is 3.86. The van der Waals surface area contributed by atoms with E-state index in [1.54, 1.807) is 0 Å². The van der Waals surface area contributed by atoms with E-state index in [2.05, 4.69) is 39.2 Å². The normalized spacial score (nSPS) is 15.1. The third kappa shape index (κ3) is 4.51. The molecule has 0 spiro atoms. The Morgan fingerprint density at radius 3 is 2.42 bits per heavy atom. The van der Waals surface area contributed by atoms with Gasteiger partial charge in [-0.25, -0.2) is 0 Å². The molecule has 1 aromatic rings. The molecular weight excluding hydrogens is 236 g/mol. The summed E-state index contributed by atoms with van der Waals surface area (Å²) in [5, 5.41) is 0. The van der Waals surface area contributed by atoms with Gasteiger partial charge in [-0.2, -0.15) is 0 Å². The second-order valence-electron chi connectivity index (χ2n) is 6.19. The summed E-state index contributed by atoms with van der Waals surface area (Å²) < 4.78 is 5.69. The van der Waals surface area contributed by atoms with Gasteiger partial charge in [0, 0.05) is 11.6 Å². The van der Waals surface area contributed by atoms with Crippen LogP contribution in [0.1, 0.15) is 52.6 Å². The number of nitrogens with one attached hydrogen (secondary N) is 1. The summed E-state index contributed by atoms with van der Waals surface area (Å²) in [6.45, 7) is 11.7. The largest absolute Gasteiger partial charge is 0.494 e. The van der Waals surface area contributed by atoms with Crippen LogP contribution in [0.25, 0.3) is 0 Å². The molecule has 0 radical (unpaired) electrons. The second kappa shape index (κ2) is 6.92. The lowest BCUT2D eigenvalue weighted by Gasteiger charge is -2.31. The molecule has 2 atom stereocenters. The lowest BCUT2D eigenvalue weighted by Crippen LogP contribution is -2.32. The molecule has 0 bridgehead atoms. The van der Waals surface area contributed by atoms with E-state index < -0.39 is 0 Å². The Kier molecular flexibility index (Phi) is 5.83. The summed E-state index contributed by atoms with van der Waals surface area (Å²) >= 11 is 0. The first-order valence-electron chi connectivity index (χ1n) is 7.08. The topological polar surface area (TPSA) is 47.3 Å². The Hall–Kier alpha value is -1.06. The molecule has 0 aromatic heterocycles. The van der Waals surface area contributed by atoms with Gasteiger partial charge in [0.2, 0.25) is 0 Å². The van der Waals surface area contributed by atoms with Gasteiger partial charge in [-0.05, 0) is 30.7 Å². The zero-order valence-corrected chi connectivity index (χ0v) is 12.9. The molecule has 3 nitrogen and oxygen atoms in total. The Bertz CT molecular complexity index is 385. The van der Waals surface area contributed by atoms with Crippen LogP contribution in [0.15, 0.2) is 24.3 Å². The zero-order valence-electron chi connectivity index (χ0n) is 12.9. The van der Waals surface area contributed by atoms with Crippen molar-refractivity contribution in [3.8, 4) is 5.75 Å². The van der Waals surface area contributed by atoms with Gasteiger partial charge >= 0.3 is 0 Å². The lowest BCUT2D eigenvalue weighted by molar-refractivity contribution is 0.221. The molecule has 0 fully saturated rings. The van der Waals surface area contributed by atoms with E-state index in [4.69, 9.17) is 10.6 Å². The van der Waals surface area contributed by atoms with E-state index in [9.17, 15) is 0 Å². The maximum atomic E-state index is 5.76. The summed E-state index contributed by atoms with van der Waals surface area (Å²) in [4.78, 5) is 0. The number of hydrogen-bond acceptors (Lipinski definition) is 3. The minimum Gasteiger partial charge on any atom is -0.494 e. The van der Waals surface area contributed by atoms with E-state index in [1.165, 1.54) is 0 Å². The number of para-hydroxylation sites is 1. The van der Waals surface area contributed by atoms with Gasteiger partial charge in [0.05, 0.1) is 6.61 Å². The van der Waals surface area contributed by atoms with Crippen molar-refractivity contribution in [3.63, 3.8) is 0 Å². The highest BCUT2D eigenvalue weighted by atomic mass is 16.5. The van der Waals surface area contributed by atoms with Crippen LogP contribution in [0.5, 0.6) is 5.75 Å². The van der Waals surface area contributed by atoms with Crippen LogP contribution in [0, 0.1) is 11.3 Å². The second-order valence-corrected chi connectivity index (χ2v) is 6.19. The van der Waals surface area contributed by atoms with Crippen molar-refractivity contribution >= 4 is 0 Å². The number of hydrogen-bond donors (Lipinski definition) is 2. The number of benzene rings is 1. The fourth-order valence-corrected chi connectivity index (χ4v) is 2.05. The molecule has 0 saturated heterocycles. The number of nitrogens with two attached hydrogens (primary N) is 1. The van der Waals surface area contributed by atoms with Crippen LogP contribution in [-0.2, 0) is 0 Å². The van der Waals surface area contributed by atoms with Crippen molar-refractivity contribution in [2.75, 3.05) is 6.61 Å². The molecule has 0 aliphatic rings. The summed E-state index contributed by atoms with van der Waals surface area (Å²) in [5.74, 6) is 7.24. The van der Waals surface area contributed by atoms with E-state index in [0.29, 0.717) is 12.5 Å². The summed E-state index contributed by atoms with van der Waals surface area (Å²) in [6, 6.07) is 8.24. The Morgan fingerprint density at radius 2 is 1.89 bits per heavy atom. The molecule has 0 amide bonds. The van der Waals surface area contributed by atoms with Crippen molar-refractivity contribution < 1.29 is 4.74 Å². The van der Waals surface area contributed by atoms with Crippen molar-refractivity contribution in [2.45, 2.75) is 47.1 Å². The van der Waals surface area contributed by atoms with Gasteiger partial charge in [-0.1, -0.05) is 45.9 Å². The van der Waals surface area contributed by atoms with Gasteiger partial charge < -0.3 is 4.74 Å². The molecule has 0 heterocycles. The van der Waals surface area contributed by atoms with Crippen molar-refractivity contribution in [2.24, 2.45) is 17.2 Å². The monoisotopic (exact) mass is 264 g/mol. The zero-order chi connectivity index (χ0) is 14.5. The van der Waals surface area contributed by atoms with E-state index >= 15 is 0 Å². The van der Waals surface area contributed by atoms with Crippen LogP contribution >= 0.6 is 0 Å². The summed E-state index contributed by atoms with van der Waals surface area (Å²) in [7, 11) is 0. The van der Waals surface area contributed by atoms with E-state index in [1.807, 2.05) is 25.1 Å². The third-order valence-corrected chi connectivity index (χ3v) is 3.86. The Balaban J connectivity index is 2.91. The molecule has 0 aliphatic carbocycles. The van der Waals surface area contributed by atoms with Crippen molar-refractivity contribution in [1.29, 1.82) is 0 Å². The van der Waals surface area contributed by atoms with Crippen LogP contribution < -0.4 is 16.0 Å². The maximum Gasteiger partial charge on any atom is 0.124 e. The van der Waals surface area contributed by atoms with Gasteiger partial charge in [0.1, 0.15) is 5.75 Å². The first kappa shape index (κ1) is 16.0. The van der Waals surface area contributed by atoms with Crippen molar-refractivity contribution in [3.05, 3.63) is 29.8 Å². The van der Waals surface area contributed by atoms with Gasteiger partial charge in [-0.3, -0.25) is 11.3 Å². The maximum absolute atomic E-state index is 5.76. The lowest BCUT2D eigenvalue weighted by atomic mass is 9.77. The number of hydrazine groups is 1. The van der Waals surface area contributed by atoms with Gasteiger partial charge in [0.15, 0.2) is 0 Å². The number of ether oxygens (including phenoxy) is 1. The van der Waals surface area contributed by atoms with Crippen LogP contribution in [0.2, 0.25) is 0 Å². The SMILES string of the molecule is CCOc1ccccc1C(CC(C)C(C)(C)C)NN. The molecule has 0 aliphatic heterocycles. The Labute approximate surface area is 117 Å². The fraction of sp³-hybridized carbons (Fsp3) is 0.625. The first-order chi connectivity index (χ1) is 8.90. The highest BCUT2D eigenvalue weighted by Crippen LogP contribution is 2.35. The van der Waals surface area contributed by atoms with E-state index in [0.717, 1.165) is 17.7 Å². The average Bonchev–Trinajstić information content (AvgIpc) is 2.36. The molecule has 1 rings (SSSR count). The molecule has 2 unspecified atom stereocenters. The van der Waals surface area contributed by atoms with E-state index in [-0.39, 0.29) is 11.5 Å². The highest BCUT2D eigenvalue weighted by Gasteiger charge is 2.25. The standard InChI is InChI=1S/C16H28N2O/c1-6-19-15-10-8-7-9-13(15)14(18-17)11-12(2)16(3,4)5/h7-10,12,14,18H,6,11,17H2,1-5H3. The first-order valence-corrected chi connectivity index (χ1v) is 7.08. The smallest absolute Gasteiger partial charge is 0.124 e. The predicted octanol–water partition coefficient (Wildman–Crippen LogP) is 3.66. The molecule has 3 heteroatoms.